The second-order valence-electron chi connectivity index (χ2n) is 3.56. The molecule has 0 saturated carbocycles. The maximum atomic E-state index is 4.50. The fourth-order valence-corrected chi connectivity index (χ4v) is 1.33. The summed E-state index contributed by atoms with van der Waals surface area (Å²) in [5.41, 5.74) is 1.32. The van der Waals surface area contributed by atoms with Gasteiger partial charge in [0.25, 0.3) is 0 Å². The summed E-state index contributed by atoms with van der Waals surface area (Å²) < 4.78 is 2.14. The van der Waals surface area contributed by atoms with E-state index in [9.17, 15) is 0 Å². The van der Waals surface area contributed by atoms with Crippen LogP contribution in [-0.2, 0) is 13.5 Å². The molecule has 0 aliphatic heterocycles. The van der Waals surface area contributed by atoms with Crippen molar-refractivity contribution in [3.8, 4) is 0 Å². The molecule has 2 nitrogen and oxygen atoms in total. The van der Waals surface area contributed by atoms with Gasteiger partial charge >= 0.3 is 0 Å². The van der Waals surface area contributed by atoms with Gasteiger partial charge in [0.05, 0.1) is 5.36 Å². The van der Waals surface area contributed by atoms with Gasteiger partial charge in [-0.15, -0.1) is 0 Å². The quantitative estimate of drug-likeness (QED) is 0.658. The molecule has 0 bridgehead atoms. The highest BCUT2D eigenvalue weighted by molar-refractivity contribution is 5.05. The number of rotatable bonds is 2. The van der Waals surface area contributed by atoms with E-state index >= 15 is 0 Å². The first-order valence-corrected chi connectivity index (χ1v) is 4.83. The molecule has 0 radical (unpaired) electrons. The van der Waals surface area contributed by atoms with Gasteiger partial charge in [0.1, 0.15) is 0 Å². The van der Waals surface area contributed by atoms with Crippen molar-refractivity contribution < 1.29 is 0 Å². The van der Waals surface area contributed by atoms with E-state index in [1.54, 1.807) is 0 Å². The van der Waals surface area contributed by atoms with Crippen molar-refractivity contribution >= 4 is 0 Å². The maximum Gasteiger partial charge on any atom is 0.0609 e. The highest BCUT2D eigenvalue weighted by atomic mass is 14.9. The fourth-order valence-electron chi connectivity index (χ4n) is 1.33. The molecule has 0 aliphatic carbocycles. The lowest BCUT2D eigenvalue weighted by atomic mass is 10.2. The van der Waals surface area contributed by atoms with Crippen molar-refractivity contribution in [2.45, 2.75) is 33.2 Å². The van der Waals surface area contributed by atoms with E-state index in [0.29, 0.717) is 6.04 Å². The van der Waals surface area contributed by atoms with Gasteiger partial charge in [-0.3, -0.25) is 4.99 Å². The van der Waals surface area contributed by atoms with Crippen LogP contribution < -0.4 is 5.36 Å². The van der Waals surface area contributed by atoms with Crippen molar-refractivity contribution in [2.24, 2.45) is 12.0 Å². The van der Waals surface area contributed by atoms with Crippen molar-refractivity contribution in [2.75, 3.05) is 0 Å². The molecule has 1 aromatic rings. The van der Waals surface area contributed by atoms with Crippen LogP contribution in [0.2, 0.25) is 0 Å². The summed E-state index contributed by atoms with van der Waals surface area (Å²) in [4.78, 5) is 4.50. The molecule has 0 N–H and O–H groups in total. The maximum absolute atomic E-state index is 4.50. The summed E-state index contributed by atoms with van der Waals surface area (Å²) >= 11 is 0. The minimum absolute atomic E-state index is 0.373. The monoisotopic (exact) mass is 178 g/mol. The SMILES string of the molecule is CCc1cc(=NC(C)C)ccn1C. The number of pyridine rings is 1. The number of nitrogens with zero attached hydrogens (tertiary/aromatic N) is 2. The number of hydrogen-bond acceptors (Lipinski definition) is 1. The fraction of sp³-hybridized carbons (Fsp3) is 0.545. The molecular weight excluding hydrogens is 160 g/mol. The van der Waals surface area contributed by atoms with Gasteiger partial charge in [-0.2, -0.15) is 0 Å². The molecule has 13 heavy (non-hydrogen) atoms. The van der Waals surface area contributed by atoms with E-state index in [2.05, 4.69) is 55.7 Å². The molecule has 0 unspecified atom stereocenters. The molecule has 1 rings (SSSR count). The molecule has 1 aromatic heterocycles. The van der Waals surface area contributed by atoms with Crippen LogP contribution in [0.15, 0.2) is 23.3 Å². The summed E-state index contributed by atoms with van der Waals surface area (Å²) in [6.45, 7) is 6.35. The highest BCUT2D eigenvalue weighted by Crippen LogP contribution is 1.94. The van der Waals surface area contributed by atoms with Gasteiger partial charge in [0, 0.05) is 25.0 Å². The Kier molecular flexibility index (Phi) is 3.29. The molecule has 0 aliphatic rings. The molecule has 0 amide bonds. The molecule has 0 atom stereocenters. The average molecular weight is 178 g/mol. The van der Waals surface area contributed by atoms with E-state index in [1.165, 1.54) is 5.69 Å². The third-order valence-electron chi connectivity index (χ3n) is 2.01. The zero-order valence-corrected chi connectivity index (χ0v) is 8.91. The van der Waals surface area contributed by atoms with Crippen LogP contribution in [0.1, 0.15) is 26.5 Å². The molecule has 0 spiro atoms. The van der Waals surface area contributed by atoms with E-state index in [0.717, 1.165) is 11.8 Å². The highest BCUT2D eigenvalue weighted by Gasteiger charge is 1.93. The first-order chi connectivity index (χ1) is 6.13. The normalized spacial score (nSPS) is 12.5. The largest absolute Gasteiger partial charge is 0.354 e. The predicted molar refractivity (Wildman–Crippen MR) is 55.5 cm³/mol. The average Bonchev–Trinajstić information content (AvgIpc) is 2.07. The Balaban J connectivity index is 3.13. The van der Waals surface area contributed by atoms with Crippen LogP contribution >= 0.6 is 0 Å². The van der Waals surface area contributed by atoms with Crippen LogP contribution in [0.3, 0.4) is 0 Å². The lowest BCUT2D eigenvalue weighted by Gasteiger charge is -2.05. The Morgan fingerprint density at radius 1 is 1.46 bits per heavy atom. The summed E-state index contributed by atoms with van der Waals surface area (Å²) in [7, 11) is 2.07. The van der Waals surface area contributed by atoms with Crippen molar-refractivity contribution in [1.82, 2.24) is 4.57 Å². The van der Waals surface area contributed by atoms with E-state index in [1.807, 2.05) is 0 Å². The topological polar surface area (TPSA) is 17.3 Å². The Labute approximate surface area is 79.9 Å². The van der Waals surface area contributed by atoms with E-state index in [4.69, 9.17) is 0 Å². The van der Waals surface area contributed by atoms with Gasteiger partial charge in [0.15, 0.2) is 0 Å². The standard InChI is InChI=1S/C11H18N2/c1-5-11-8-10(12-9(2)3)6-7-13(11)4/h6-9H,5H2,1-4H3. The smallest absolute Gasteiger partial charge is 0.0609 e. The van der Waals surface area contributed by atoms with Crippen LogP contribution in [0.25, 0.3) is 0 Å². The summed E-state index contributed by atoms with van der Waals surface area (Å²) in [6, 6.07) is 4.58. The molecular formula is C11H18N2. The van der Waals surface area contributed by atoms with Crippen LogP contribution in [0.4, 0.5) is 0 Å². The molecule has 72 valence electrons. The minimum Gasteiger partial charge on any atom is -0.354 e. The molecule has 0 saturated heterocycles. The van der Waals surface area contributed by atoms with Crippen LogP contribution in [0.5, 0.6) is 0 Å². The zero-order chi connectivity index (χ0) is 9.84. The van der Waals surface area contributed by atoms with Crippen molar-refractivity contribution in [3.05, 3.63) is 29.4 Å². The van der Waals surface area contributed by atoms with Crippen LogP contribution in [0, 0.1) is 0 Å². The summed E-state index contributed by atoms with van der Waals surface area (Å²) in [5.74, 6) is 0. The number of aryl methyl sites for hydroxylation is 2. The third-order valence-corrected chi connectivity index (χ3v) is 2.01. The van der Waals surface area contributed by atoms with Crippen molar-refractivity contribution in [3.63, 3.8) is 0 Å². The van der Waals surface area contributed by atoms with E-state index < -0.39 is 0 Å². The Morgan fingerprint density at radius 2 is 2.15 bits per heavy atom. The zero-order valence-electron chi connectivity index (χ0n) is 8.91. The number of hydrogen-bond donors (Lipinski definition) is 0. The van der Waals surface area contributed by atoms with E-state index in [-0.39, 0.29) is 0 Å². The van der Waals surface area contributed by atoms with Gasteiger partial charge < -0.3 is 4.57 Å². The molecule has 1 heterocycles. The Morgan fingerprint density at radius 3 is 2.69 bits per heavy atom. The minimum atomic E-state index is 0.373. The molecule has 0 fully saturated rings. The predicted octanol–water partition coefficient (Wildman–Crippen LogP) is 1.90. The van der Waals surface area contributed by atoms with Crippen molar-refractivity contribution in [1.29, 1.82) is 0 Å². The second kappa shape index (κ2) is 4.26. The number of aromatic nitrogens is 1. The van der Waals surface area contributed by atoms with Gasteiger partial charge in [0.2, 0.25) is 0 Å². The first kappa shape index (κ1) is 10.0. The summed E-state index contributed by atoms with van der Waals surface area (Å²) in [5, 5.41) is 1.09. The molecule has 0 aromatic carbocycles. The Hall–Kier alpha value is -1.05. The first-order valence-electron chi connectivity index (χ1n) is 4.83. The lowest BCUT2D eigenvalue weighted by molar-refractivity contribution is 0.779. The second-order valence-corrected chi connectivity index (χ2v) is 3.56. The Bertz CT molecular complexity index is 334. The third kappa shape index (κ3) is 2.72. The summed E-state index contributed by atoms with van der Waals surface area (Å²) in [6.07, 6.45) is 3.12. The van der Waals surface area contributed by atoms with Gasteiger partial charge in [-0.1, -0.05) is 6.92 Å². The van der Waals surface area contributed by atoms with Gasteiger partial charge in [-0.05, 0) is 32.4 Å². The van der Waals surface area contributed by atoms with Crippen LogP contribution in [-0.4, -0.2) is 10.6 Å². The molecule has 2 heteroatoms. The lowest BCUT2D eigenvalue weighted by Crippen LogP contribution is -2.11. The van der Waals surface area contributed by atoms with Gasteiger partial charge in [-0.25, -0.2) is 0 Å².